The van der Waals surface area contributed by atoms with E-state index in [2.05, 4.69) is 30.2 Å². The third-order valence-corrected chi connectivity index (χ3v) is 4.73. The van der Waals surface area contributed by atoms with Gasteiger partial charge in [-0.3, -0.25) is 4.79 Å². The van der Waals surface area contributed by atoms with Gasteiger partial charge >= 0.3 is 0 Å². The molecular formula is C17H17ClN6O. The minimum atomic E-state index is -0.00831. The molecule has 1 aromatic carbocycles. The van der Waals surface area contributed by atoms with Gasteiger partial charge in [0.05, 0.1) is 6.33 Å². The number of anilines is 2. The Labute approximate surface area is 149 Å². The average Bonchev–Trinajstić information content (AvgIpc) is 3.12. The van der Waals surface area contributed by atoms with Gasteiger partial charge in [-0.05, 0) is 37.1 Å². The highest BCUT2D eigenvalue weighted by Gasteiger charge is 2.26. The highest BCUT2D eigenvalue weighted by Crippen LogP contribution is 2.26. The van der Waals surface area contributed by atoms with Crippen molar-refractivity contribution in [3.63, 3.8) is 0 Å². The van der Waals surface area contributed by atoms with Gasteiger partial charge in [-0.2, -0.15) is 0 Å². The van der Waals surface area contributed by atoms with Gasteiger partial charge in [0.1, 0.15) is 11.8 Å². The predicted octanol–water partition coefficient (Wildman–Crippen LogP) is 2.86. The third kappa shape index (κ3) is 3.28. The molecule has 1 aliphatic heterocycles. The van der Waals surface area contributed by atoms with E-state index in [1.807, 2.05) is 12.1 Å². The van der Waals surface area contributed by atoms with Crippen molar-refractivity contribution in [2.45, 2.75) is 12.8 Å². The maximum Gasteiger partial charge on any atom is 0.227 e. The summed E-state index contributed by atoms with van der Waals surface area (Å²) < 4.78 is 0. The maximum atomic E-state index is 12.5. The van der Waals surface area contributed by atoms with Crippen LogP contribution in [-0.4, -0.2) is 38.9 Å². The normalized spacial score (nSPS) is 15.5. The van der Waals surface area contributed by atoms with E-state index in [1.54, 1.807) is 18.5 Å². The van der Waals surface area contributed by atoms with Gasteiger partial charge in [0.2, 0.25) is 5.91 Å². The molecule has 25 heavy (non-hydrogen) atoms. The van der Waals surface area contributed by atoms with Crippen molar-refractivity contribution in [3.05, 3.63) is 41.9 Å². The highest BCUT2D eigenvalue weighted by atomic mass is 35.5. The Kier molecular flexibility index (Phi) is 4.23. The summed E-state index contributed by atoms with van der Waals surface area (Å²) in [5, 5.41) is 3.62. The first-order chi connectivity index (χ1) is 12.2. The van der Waals surface area contributed by atoms with E-state index >= 15 is 0 Å². The quantitative estimate of drug-likeness (QED) is 0.753. The summed E-state index contributed by atoms with van der Waals surface area (Å²) in [4.78, 5) is 30.4. The van der Waals surface area contributed by atoms with Crippen LogP contribution in [0.2, 0.25) is 5.02 Å². The lowest BCUT2D eigenvalue weighted by molar-refractivity contribution is -0.120. The number of piperidine rings is 1. The zero-order valence-electron chi connectivity index (χ0n) is 13.4. The Bertz CT molecular complexity index is 886. The summed E-state index contributed by atoms with van der Waals surface area (Å²) in [5.41, 5.74) is 2.27. The Hall–Kier alpha value is -2.67. The second-order valence-electron chi connectivity index (χ2n) is 6.06. The minimum Gasteiger partial charge on any atom is -0.355 e. The van der Waals surface area contributed by atoms with E-state index in [1.165, 1.54) is 6.33 Å². The van der Waals surface area contributed by atoms with Crippen LogP contribution in [0.25, 0.3) is 11.2 Å². The number of aromatic amines is 1. The Morgan fingerprint density at radius 2 is 1.92 bits per heavy atom. The number of imidazole rings is 1. The number of benzene rings is 1. The van der Waals surface area contributed by atoms with Gasteiger partial charge in [-0.1, -0.05) is 11.6 Å². The number of halogens is 1. The SMILES string of the molecule is O=C(Nc1ccc(Cl)cc1)C1CCN(c2ncnc3nc[nH]c23)CC1. The van der Waals surface area contributed by atoms with Gasteiger partial charge in [0, 0.05) is 29.7 Å². The van der Waals surface area contributed by atoms with E-state index < -0.39 is 0 Å². The fraction of sp³-hybridized carbons (Fsp3) is 0.294. The summed E-state index contributed by atoms with van der Waals surface area (Å²) in [6.45, 7) is 1.54. The first kappa shape index (κ1) is 15.8. The fourth-order valence-corrected chi connectivity index (χ4v) is 3.25. The van der Waals surface area contributed by atoms with Crippen molar-refractivity contribution in [2.75, 3.05) is 23.3 Å². The highest BCUT2D eigenvalue weighted by molar-refractivity contribution is 6.30. The van der Waals surface area contributed by atoms with Crippen LogP contribution in [0.3, 0.4) is 0 Å². The molecular weight excluding hydrogens is 340 g/mol. The zero-order chi connectivity index (χ0) is 17.2. The number of hydrogen-bond donors (Lipinski definition) is 2. The molecule has 0 saturated carbocycles. The van der Waals surface area contributed by atoms with Crippen LogP contribution in [-0.2, 0) is 4.79 Å². The molecule has 1 aliphatic rings. The lowest BCUT2D eigenvalue weighted by atomic mass is 9.95. The fourth-order valence-electron chi connectivity index (χ4n) is 3.12. The molecule has 0 unspecified atom stereocenters. The summed E-state index contributed by atoms with van der Waals surface area (Å²) in [6, 6.07) is 7.16. The number of aromatic nitrogens is 4. The second-order valence-corrected chi connectivity index (χ2v) is 6.49. The second kappa shape index (κ2) is 6.68. The number of nitrogens with zero attached hydrogens (tertiary/aromatic N) is 4. The average molecular weight is 357 g/mol. The lowest BCUT2D eigenvalue weighted by Crippen LogP contribution is -2.38. The van der Waals surface area contributed by atoms with E-state index in [0.29, 0.717) is 10.7 Å². The number of H-pyrrole nitrogens is 1. The van der Waals surface area contributed by atoms with E-state index in [4.69, 9.17) is 11.6 Å². The Morgan fingerprint density at radius 1 is 1.16 bits per heavy atom. The molecule has 128 valence electrons. The largest absolute Gasteiger partial charge is 0.355 e. The van der Waals surface area contributed by atoms with Crippen molar-refractivity contribution in [3.8, 4) is 0 Å². The van der Waals surface area contributed by atoms with Crippen molar-refractivity contribution < 1.29 is 4.79 Å². The number of hydrogen-bond acceptors (Lipinski definition) is 5. The minimum absolute atomic E-state index is 0.00831. The van der Waals surface area contributed by atoms with Crippen molar-refractivity contribution in [1.29, 1.82) is 0 Å². The molecule has 0 radical (unpaired) electrons. The Balaban J connectivity index is 1.40. The topological polar surface area (TPSA) is 86.8 Å². The van der Waals surface area contributed by atoms with Gasteiger partial charge in [-0.15, -0.1) is 0 Å². The smallest absolute Gasteiger partial charge is 0.227 e. The van der Waals surface area contributed by atoms with Crippen LogP contribution in [0.15, 0.2) is 36.9 Å². The first-order valence-electron chi connectivity index (χ1n) is 8.16. The van der Waals surface area contributed by atoms with Gasteiger partial charge in [0.25, 0.3) is 0 Å². The summed E-state index contributed by atoms with van der Waals surface area (Å²) in [5.74, 6) is 0.890. The van der Waals surface area contributed by atoms with Crippen LogP contribution in [0, 0.1) is 5.92 Å². The number of carbonyl (C=O) groups excluding carboxylic acids is 1. The molecule has 4 rings (SSSR count). The lowest BCUT2D eigenvalue weighted by Gasteiger charge is -2.32. The van der Waals surface area contributed by atoms with Crippen LogP contribution in [0.5, 0.6) is 0 Å². The van der Waals surface area contributed by atoms with Crippen LogP contribution in [0.1, 0.15) is 12.8 Å². The summed E-state index contributed by atoms with van der Waals surface area (Å²) in [7, 11) is 0. The number of amides is 1. The molecule has 2 aromatic heterocycles. The van der Waals surface area contributed by atoms with E-state index in [0.717, 1.165) is 43.0 Å². The molecule has 1 fully saturated rings. The summed E-state index contributed by atoms with van der Waals surface area (Å²) >= 11 is 5.87. The van der Waals surface area contributed by atoms with Crippen molar-refractivity contribution >= 4 is 40.2 Å². The Morgan fingerprint density at radius 3 is 2.68 bits per heavy atom. The maximum absolute atomic E-state index is 12.5. The van der Waals surface area contributed by atoms with Gasteiger partial charge in [-0.25, -0.2) is 15.0 Å². The zero-order valence-corrected chi connectivity index (χ0v) is 14.2. The molecule has 1 saturated heterocycles. The standard InChI is InChI=1S/C17H17ClN6O/c18-12-1-3-13(4-2-12)23-17(25)11-5-7-24(8-6-11)16-14-15(20-9-19-14)21-10-22-16/h1-4,9-11H,5-8H2,(H,23,25)(H,19,20,21,22). The van der Waals surface area contributed by atoms with Crippen molar-refractivity contribution in [2.24, 2.45) is 5.92 Å². The molecule has 1 amide bonds. The number of carbonyl (C=O) groups is 1. The molecule has 0 atom stereocenters. The van der Waals surface area contributed by atoms with Gasteiger partial charge in [0.15, 0.2) is 11.5 Å². The molecule has 7 nitrogen and oxygen atoms in total. The molecule has 3 aromatic rings. The monoisotopic (exact) mass is 356 g/mol. The van der Waals surface area contributed by atoms with E-state index in [-0.39, 0.29) is 11.8 Å². The molecule has 8 heteroatoms. The molecule has 3 heterocycles. The molecule has 2 N–H and O–H groups in total. The van der Waals surface area contributed by atoms with Gasteiger partial charge < -0.3 is 15.2 Å². The molecule has 0 spiro atoms. The van der Waals surface area contributed by atoms with E-state index in [9.17, 15) is 4.79 Å². The van der Waals surface area contributed by atoms with Crippen LogP contribution >= 0.6 is 11.6 Å². The number of fused-ring (bicyclic) bond motifs is 1. The predicted molar refractivity (Wildman–Crippen MR) is 96.7 cm³/mol. The summed E-state index contributed by atoms with van der Waals surface area (Å²) in [6.07, 6.45) is 4.70. The number of nitrogens with one attached hydrogen (secondary N) is 2. The first-order valence-corrected chi connectivity index (χ1v) is 8.54. The van der Waals surface area contributed by atoms with Crippen molar-refractivity contribution in [1.82, 2.24) is 19.9 Å². The number of rotatable bonds is 3. The van der Waals surface area contributed by atoms with Crippen LogP contribution in [0.4, 0.5) is 11.5 Å². The van der Waals surface area contributed by atoms with Crippen LogP contribution < -0.4 is 10.2 Å². The molecule has 0 aliphatic carbocycles. The molecule has 0 bridgehead atoms. The third-order valence-electron chi connectivity index (χ3n) is 4.48.